The van der Waals surface area contributed by atoms with Gasteiger partial charge in [-0.1, -0.05) is 6.07 Å². The molecule has 1 aromatic rings. The molecule has 1 fully saturated rings. The van der Waals surface area contributed by atoms with E-state index in [2.05, 4.69) is 11.9 Å². The first-order valence-electron chi connectivity index (χ1n) is 6.89. The maximum atomic E-state index is 6.01. The van der Waals surface area contributed by atoms with Crippen LogP contribution in [0, 0.1) is 0 Å². The number of nitrogens with zero attached hydrogens (tertiary/aromatic N) is 1. The van der Waals surface area contributed by atoms with Crippen molar-refractivity contribution in [1.82, 2.24) is 4.90 Å². The molecule has 4 heteroatoms. The molecule has 106 valence electrons. The maximum Gasteiger partial charge on any atom is 0.127 e. The number of methoxy groups -OCH3 is 1. The molecular weight excluding hydrogens is 240 g/mol. The first kappa shape index (κ1) is 14.2. The molecule has 0 saturated heterocycles. The molecule has 1 atom stereocenters. The van der Waals surface area contributed by atoms with Gasteiger partial charge in [-0.15, -0.1) is 0 Å². The Balaban J connectivity index is 1.98. The van der Waals surface area contributed by atoms with Crippen LogP contribution in [0.5, 0.6) is 11.5 Å². The molecule has 0 radical (unpaired) electrons. The van der Waals surface area contributed by atoms with Gasteiger partial charge in [0, 0.05) is 18.6 Å². The van der Waals surface area contributed by atoms with E-state index in [0.29, 0.717) is 6.61 Å². The number of likely N-dealkylation sites (N-methyl/N-ethyl adjacent to an activating group) is 1. The number of benzene rings is 1. The van der Waals surface area contributed by atoms with E-state index in [4.69, 9.17) is 15.2 Å². The third-order valence-electron chi connectivity index (χ3n) is 3.57. The SMILES string of the molecule is COc1cccc(OCCN(C)C2CC2)c1C(C)N. The summed E-state index contributed by atoms with van der Waals surface area (Å²) >= 11 is 0. The van der Waals surface area contributed by atoms with Crippen LogP contribution < -0.4 is 15.2 Å². The number of rotatable bonds is 7. The van der Waals surface area contributed by atoms with Crippen molar-refractivity contribution in [1.29, 1.82) is 0 Å². The highest BCUT2D eigenvalue weighted by molar-refractivity contribution is 5.46. The molecule has 4 nitrogen and oxygen atoms in total. The molecule has 0 heterocycles. The Morgan fingerprint density at radius 3 is 2.63 bits per heavy atom. The summed E-state index contributed by atoms with van der Waals surface area (Å²) in [5.41, 5.74) is 6.95. The molecule has 0 bridgehead atoms. The summed E-state index contributed by atoms with van der Waals surface area (Å²) in [5.74, 6) is 1.63. The van der Waals surface area contributed by atoms with E-state index in [-0.39, 0.29) is 6.04 Å². The van der Waals surface area contributed by atoms with Crippen LogP contribution in [-0.4, -0.2) is 38.3 Å². The molecular formula is C15H24N2O2. The third kappa shape index (κ3) is 3.61. The van der Waals surface area contributed by atoms with Crippen LogP contribution in [-0.2, 0) is 0 Å². The van der Waals surface area contributed by atoms with E-state index in [1.165, 1.54) is 12.8 Å². The van der Waals surface area contributed by atoms with Gasteiger partial charge in [0.2, 0.25) is 0 Å². The molecule has 2 N–H and O–H groups in total. The zero-order chi connectivity index (χ0) is 13.8. The highest BCUT2D eigenvalue weighted by Crippen LogP contribution is 2.33. The van der Waals surface area contributed by atoms with Gasteiger partial charge in [0.25, 0.3) is 0 Å². The van der Waals surface area contributed by atoms with Crippen molar-refractivity contribution in [3.8, 4) is 11.5 Å². The van der Waals surface area contributed by atoms with Gasteiger partial charge in [0.1, 0.15) is 18.1 Å². The second-order valence-electron chi connectivity index (χ2n) is 5.22. The minimum Gasteiger partial charge on any atom is -0.496 e. The van der Waals surface area contributed by atoms with Gasteiger partial charge < -0.3 is 20.1 Å². The summed E-state index contributed by atoms with van der Waals surface area (Å²) in [6.45, 7) is 3.57. The Morgan fingerprint density at radius 2 is 2.05 bits per heavy atom. The predicted octanol–water partition coefficient (Wildman–Crippen LogP) is 2.19. The van der Waals surface area contributed by atoms with Crippen molar-refractivity contribution in [2.45, 2.75) is 31.8 Å². The quantitative estimate of drug-likeness (QED) is 0.820. The van der Waals surface area contributed by atoms with Crippen LogP contribution >= 0.6 is 0 Å². The molecule has 1 aliphatic carbocycles. The lowest BCUT2D eigenvalue weighted by Gasteiger charge is -2.19. The average Bonchev–Trinajstić information content (AvgIpc) is 3.22. The smallest absolute Gasteiger partial charge is 0.127 e. The summed E-state index contributed by atoms with van der Waals surface area (Å²) in [6.07, 6.45) is 2.64. The molecule has 1 aromatic carbocycles. The summed E-state index contributed by atoms with van der Waals surface area (Å²) in [5, 5.41) is 0. The van der Waals surface area contributed by atoms with E-state index in [1.807, 2.05) is 25.1 Å². The molecule has 0 spiro atoms. The van der Waals surface area contributed by atoms with Crippen LogP contribution in [0.4, 0.5) is 0 Å². The third-order valence-corrected chi connectivity index (χ3v) is 3.57. The maximum absolute atomic E-state index is 6.01. The minimum atomic E-state index is -0.104. The molecule has 0 aliphatic heterocycles. The Hall–Kier alpha value is -1.26. The van der Waals surface area contributed by atoms with Gasteiger partial charge in [-0.3, -0.25) is 0 Å². The lowest BCUT2D eigenvalue weighted by molar-refractivity contribution is 0.229. The van der Waals surface area contributed by atoms with E-state index < -0.39 is 0 Å². The van der Waals surface area contributed by atoms with Crippen molar-refractivity contribution in [3.63, 3.8) is 0 Å². The predicted molar refractivity (Wildman–Crippen MR) is 76.7 cm³/mol. The normalized spacial score (nSPS) is 16.5. The van der Waals surface area contributed by atoms with Gasteiger partial charge in [0.15, 0.2) is 0 Å². The van der Waals surface area contributed by atoms with Gasteiger partial charge >= 0.3 is 0 Å². The second kappa shape index (κ2) is 6.26. The second-order valence-corrected chi connectivity index (χ2v) is 5.22. The van der Waals surface area contributed by atoms with Crippen molar-refractivity contribution in [2.24, 2.45) is 5.73 Å². The molecule has 2 rings (SSSR count). The van der Waals surface area contributed by atoms with E-state index in [0.717, 1.165) is 29.6 Å². The minimum absolute atomic E-state index is 0.104. The topological polar surface area (TPSA) is 47.7 Å². The zero-order valence-electron chi connectivity index (χ0n) is 12.1. The lowest BCUT2D eigenvalue weighted by atomic mass is 10.1. The number of nitrogens with two attached hydrogens (primary N) is 1. The fourth-order valence-electron chi connectivity index (χ4n) is 2.27. The summed E-state index contributed by atoms with van der Waals surface area (Å²) < 4.78 is 11.2. The van der Waals surface area contributed by atoms with Crippen molar-refractivity contribution in [2.75, 3.05) is 27.3 Å². The first-order chi connectivity index (χ1) is 9.13. The summed E-state index contributed by atoms with van der Waals surface area (Å²) in [7, 11) is 3.81. The van der Waals surface area contributed by atoms with E-state index >= 15 is 0 Å². The Kier molecular flexibility index (Phi) is 4.66. The summed E-state index contributed by atoms with van der Waals surface area (Å²) in [6, 6.07) is 6.47. The molecule has 0 amide bonds. The van der Waals surface area contributed by atoms with Gasteiger partial charge in [0.05, 0.1) is 12.7 Å². The van der Waals surface area contributed by atoms with Crippen LogP contribution in [0.15, 0.2) is 18.2 Å². The van der Waals surface area contributed by atoms with Crippen molar-refractivity contribution in [3.05, 3.63) is 23.8 Å². The van der Waals surface area contributed by atoms with Gasteiger partial charge in [-0.05, 0) is 38.9 Å². The van der Waals surface area contributed by atoms with Crippen LogP contribution in [0.25, 0.3) is 0 Å². The Morgan fingerprint density at radius 1 is 1.37 bits per heavy atom. The van der Waals surface area contributed by atoms with Gasteiger partial charge in [-0.2, -0.15) is 0 Å². The highest BCUT2D eigenvalue weighted by atomic mass is 16.5. The molecule has 1 saturated carbocycles. The molecule has 19 heavy (non-hydrogen) atoms. The monoisotopic (exact) mass is 264 g/mol. The van der Waals surface area contributed by atoms with Crippen LogP contribution in [0.2, 0.25) is 0 Å². The molecule has 0 aromatic heterocycles. The average molecular weight is 264 g/mol. The fourth-order valence-corrected chi connectivity index (χ4v) is 2.27. The molecule has 1 aliphatic rings. The Labute approximate surface area is 115 Å². The zero-order valence-corrected chi connectivity index (χ0v) is 12.1. The van der Waals surface area contributed by atoms with Gasteiger partial charge in [-0.25, -0.2) is 0 Å². The van der Waals surface area contributed by atoms with Crippen LogP contribution in [0.3, 0.4) is 0 Å². The largest absolute Gasteiger partial charge is 0.496 e. The highest BCUT2D eigenvalue weighted by Gasteiger charge is 2.25. The Bertz CT molecular complexity index is 417. The number of hydrogen-bond acceptors (Lipinski definition) is 4. The summed E-state index contributed by atoms with van der Waals surface area (Å²) in [4.78, 5) is 2.35. The fraction of sp³-hybridized carbons (Fsp3) is 0.600. The number of ether oxygens (including phenoxy) is 2. The van der Waals surface area contributed by atoms with E-state index in [1.54, 1.807) is 7.11 Å². The van der Waals surface area contributed by atoms with E-state index in [9.17, 15) is 0 Å². The van der Waals surface area contributed by atoms with Crippen molar-refractivity contribution >= 4 is 0 Å². The lowest BCUT2D eigenvalue weighted by Crippen LogP contribution is -2.26. The number of hydrogen-bond donors (Lipinski definition) is 1. The first-order valence-corrected chi connectivity index (χ1v) is 6.89. The van der Waals surface area contributed by atoms with Crippen LogP contribution in [0.1, 0.15) is 31.4 Å². The standard InChI is InChI=1S/C15H24N2O2/c1-11(16)15-13(18-3)5-4-6-14(15)19-10-9-17(2)12-7-8-12/h4-6,11-12H,7-10,16H2,1-3H3. The molecule has 1 unspecified atom stereocenters. The van der Waals surface area contributed by atoms with Crippen molar-refractivity contribution < 1.29 is 9.47 Å².